The van der Waals surface area contributed by atoms with Gasteiger partial charge in [-0.1, -0.05) is 41.0 Å². The van der Waals surface area contributed by atoms with E-state index in [1.54, 1.807) is 0 Å². The normalized spacial score (nSPS) is 11.9. The van der Waals surface area contributed by atoms with E-state index in [-0.39, 0.29) is 11.3 Å². The molecule has 0 radical (unpaired) electrons. The van der Waals surface area contributed by atoms with Crippen molar-refractivity contribution in [3.05, 3.63) is 0 Å². The van der Waals surface area contributed by atoms with Crippen LogP contribution in [0, 0.1) is 11.3 Å². The van der Waals surface area contributed by atoms with E-state index in [1.807, 2.05) is 13.8 Å². The maximum absolute atomic E-state index is 11.8. The predicted molar refractivity (Wildman–Crippen MR) is 61.2 cm³/mol. The van der Waals surface area contributed by atoms with Crippen LogP contribution < -0.4 is 5.32 Å². The van der Waals surface area contributed by atoms with E-state index in [4.69, 9.17) is 0 Å². The molecular weight excluding hydrogens is 174 g/mol. The summed E-state index contributed by atoms with van der Waals surface area (Å²) in [5.74, 6) is 0.765. The lowest BCUT2D eigenvalue weighted by Gasteiger charge is -2.25. The van der Waals surface area contributed by atoms with Gasteiger partial charge in [0.05, 0.1) is 0 Å². The van der Waals surface area contributed by atoms with Crippen molar-refractivity contribution in [2.75, 3.05) is 6.54 Å². The Morgan fingerprint density at radius 1 is 1.36 bits per heavy atom. The van der Waals surface area contributed by atoms with Gasteiger partial charge in [0.1, 0.15) is 0 Å². The summed E-state index contributed by atoms with van der Waals surface area (Å²) in [6.45, 7) is 11.3. The van der Waals surface area contributed by atoms with Crippen molar-refractivity contribution in [2.45, 2.75) is 53.9 Å². The summed E-state index contributed by atoms with van der Waals surface area (Å²) in [4.78, 5) is 11.8. The second-order valence-corrected chi connectivity index (χ2v) is 5.09. The third-order valence-corrected chi connectivity index (χ3v) is 2.35. The van der Waals surface area contributed by atoms with E-state index in [0.29, 0.717) is 5.92 Å². The molecule has 0 aromatic heterocycles. The molecule has 0 heterocycles. The molecule has 0 aromatic carbocycles. The summed E-state index contributed by atoms with van der Waals surface area (Å²) in [6.07, 6.45) is 3.15. The first kappa shape index (κ1) is 13.5. The highest BCUT2D eigenvalue weighted by molar-refractivity contribution is 5.81. The minimum atomic E-state index is -0.220. The largest absolute Gasteiger partial charge is 0.356 e. The van der Waals surface area contributed by atoms with Crippen LogP contribution in [-0.2, 0) is 4.79 Å². The molecule has 0 spiro atoms. The monoisotopic (exact) mass is 199 g/mol. The van der Waals surface area contributed by atoms with Crippen molar-refractivity contribution in [3.63, 3.8) is 0 Å². The SMILES string of the molecule is CCCCNC(=O)C(C)(C)CC(C)C. The van der Waals surface area contributed by atoms with Crippen molar-refractivity contribution >= 4 is 5.91 Å². The van der Waals surface area contributed by atoms with Crippen LogP contribution in [0.15, 0.2) is 0 Å². The van der Waals surface area contributed by atoms with Gasteiger partial charge in [-0.25, -0.2) is 0 Å². The van der Waals surface area contributed by atoms with Crippen LogP contribution in [0.3, 0.4) is 0 Å². The van der Waals surface area contributed by atoms with Crippen molar-refractivity contribution in [1.82, 2.24) is 5.32 Å². The summed E-state index contributed by atoms with van der Waals surface area (Å²) in [6, 6.07) is 0. The average molecular weight is 199 g/mol. The molecule has 0 atom stereocenters. The molecule has 14 heavy (non-hydrogen) atoms. The standard InChI is InChI=1S/C12H25NO/c1-6-7-8-13-11(14)12(4,5)9-10(2)3/h10H,6-9H2,1-5H3,(H,13,14). The molecule has 0 bridgehead atoms. The molecule has 2 heteroatoms. The summed E-state index contributed by atoms with van der Waals surface area (Å²) in [5.41, 5.74) is -0.220. The Morgan fingerprint density at radius 2 is 1.93 bits per heavy atom. The molecule has 1 N–H and O–H groups in total. The Kier molecular flexibility index (Phi) is 5.82. The Morgan fingerprint density at radius 3 is 2.36 bits per heavy atom. The highest BCUT2D eigenvalue weighted by atomic mass is 16.2. The van der Waals surface area contributed by atoms with Gasteiger partial charge >= 0.3 is 0 Å². The first-order valence-corrected chi connectivity index (χ1v) is 5.68. The molecule has 0 saturated heterocycles. The predicted octanol–water partition coefficient (Wildman–Crippen LogP) is 2.98. The molecule has 84 valence electrons. The Hall–Kier alpha value is -0.530. The third-order valence-electron chi connectivity index (χ3n) is 2.35. The number of unbranched alkanes of at least 4 members (excludes halogenated alkanes) is 1. The van der Waals surface area contributed by atoms with Gasteiger partial charge < -0.3 is 5.32 Å². The quantitative estimate of drug-likeness (QED) is 0.655. The maximum Gasteiger partial charge on any atom is 0.225 e. The van der Waals surface area contributed by atoms with Gasteiger partial charge in [-0.2, -0.15) is 0 Å². The lowest BCUT2D eigenvalue weighted by molar-refractivity contribution is -0.130. The van der Waals surface area contributed by atoms with Crippen molar-refractivity contribution in [2.24, 2.45) is 11.3 Å². The zero-order valence-electron chi connectivity index (χ0n) is 10.3. The summed E-state index contributed by atoms with van der Waals surface area (Å²) in [5, 5.41) is 2.99. The second kappa shape index (κ2) is 6.05. The fourth-order valence-corrected chi connectivity index (χ4v) is 1.73. The van der Waals surface area contributed by atoms with E-state index in [2.05, 4.69) is 26.1 Å². The van der Waals surface area contributed by atoms with E-state index in [0.717, 1.165) is 25.8 Å². The Bertz CT molecular complexity index is 173. The minimum absolute atomic E-state index is 0.194. The molecule has 2 nitrogen and oxygen atoms in total. The molecule has 0 aliphatic carbocycles. The van der Waals surface area contributed by atoms with E-state index < -0.39 is 0 Å². The highest BCUT2D eigenvalue weighted by Crippen LogP contribution is 2.25. The van der Waals surface area contributed by atoms with Crippen LogP contribution in [0.5, 0.6) is 0 Å². The summed E-state index contributed by atoms with van der Waals surface area (Å²) >= 11 is 0. The van der Waals surface area contributed by atoms with Crippen molar-refractivity contribution in [1.29, 1.82) is 0 Å². The molecule has 0 unspecified atom stereocenters. The molecule has 1 amide bonds. The number of amides is 1. The van der Waals surface area contributed by atoms with Gasteiger partial charge in [0.2, 0.25) is 5.91 Å². The molecule has 0 aliphatic heterocycles. The van der Waals surface area contributed by atoms with E-state index in [1.165, 1.54) is 0 Å². The van der Waals surface area contributed by atoms with Crippen LogP contribution in [-0.4, -0.2) is 12.5 Å². The zero-order valence-corrected chi connectivity index (χ0v) is 10.3. The molecule has 0 aromatic rings. The second-order valence-electron chi connectivity index (χ2n) is 5.09. The number of hydrogen-bond acceptors (Lipinski definition) is 1. The van der Waals surface area contributed by atoms with Gasteiger partial charge in [-0.05, 0) is 18.8 Å². The fourth-order valence-electron chi connectivity index (χ4n) is 1.73. The topological polar surface area (TPSA) is 29.1 Å². The Labute approximate surface area is 88.5 Å². The number of rotatable bonds is 6. The molecule has 0 aliphatic rings. The minimum Gasteiger partial charge on any atom is -0.356 e. The number of hydrogen-bond donors (Lipinski definition) is 1. The van der Waals surface area contributed by atoms with Crippen LogP contribution in [0.1, 0.15) is 53.9 Å². The lowest BCUT2D eigenvalue weighted by atomic mass is 9.83. The average Bonchev–Trinajstić information content (AvgIpc) is 2.02. The van der Waals surface area contributed by atoms with Gasteiger partial charge in [0.15, 0.2) is 0 Å². The summed E-state index contributed by atoms with van der Waals surface area (Å²) < 4.78 is 0. The van der Waals surface area contributed by atoms with Crippen LogP contribution in [0.25, 0.3) is 0 Å². The molecule has 0 saturated carbocycles. The van der Waals surface area contributed by atoms with Gasteiger partial charge in [0, 0.05) is 12.0 Å². The van der Waals surface area contributed by atoms with Crippen molar-refractivity contribution in [3.8, 4) is 0 Å². The lowest BCUT2D eigenvalue weighted by Crippen LogP contribution is -2.38. The van der Waals surface area contributed by atoms with E-state index >= 15 is 0 Å². The van der Waals surface area contributed by atoms with Gasteiger partial charge in [0.25, 0.3) is 0 Å². The smallest absolute Gasteiger partial charge is 0.225 e. The van der Waals surface area contributed by atoms with E-state index in [9.17, 15) is 4.79 Å². The number of carbonyl (C=O) groups is 1. The van der Waals surface area contributed by atoms with Gasteiger partial charge in [-0.15, -0.1) is 0 Å². The van der Waals surface area contributed by atoms with Crippen LogP contribution in [0.2, 0.25) is 0 Å². The highest BCUT2D eigenvalue weighted by Gasteiger charge is 2.27. The number of carbonyl (C=O) groups excluding carboxylic acids is 1. The molecular formula is C12H25NO. The molecule has 0 rings (SSSR count). The zero-order chi connectivity index (χ0) is 11.2. The number of nitrogens with one attached hydrogen (secondary N) is 1. The summed E-state index contributed by atoms with van der Waals surface area (Å²) in [7, 11) is 0. The maximum atomic E-state index is 11.8. The first-order chi connectivity index (χ1) is 6.40. The van der Waals surface area contributed by atoms with Crippen LogP contribution in [0.4, 0.5) is 0 Å². The van der Waals surface area contributed by atoms with Crippen molar-refractivity contribution < 1.29 is 4.79 Å². The first-order valence-electron chi connectivity index (χ1n) is 5.68. The molecule has 0 fully saturated rings. The fraction of sp³-hybridized carbons (Fsp3) is 0.917. The third kappa shape index (κ3) is 5.25. The Balaban J connectivity index is 3.95. The van der Waals surface area contributed by atoms with Crippen LogP contribution >= 0.6 is 0 Å². The van der Waals surface area contributed by atoms with Gasteiger partial charge in [-0.3, -0.25) is 4.79 Å².